The fourth-order valence-electron chi connectivity index (χ4n) is 3.71. The van der Waals surface area contributed by atoms with Crippen molar-refractivity contribution in [2.45, 2.75) is 89.4 Å². The maximum atomic E-state index is 10.4. The molecule has 3 heteroatoms. The smallest absolute Gasteiger partial charge is 0.0695 e. The van der Waals surface area contributed by atoms with E-state index in [9.17, 15) is 5.11 Å². The van der Waals surface area contributed by atoms with Gasteiger partial charge in [0, 0.05) is 24.7 Å². The average Bonchev–Trinajstić information content (AvgIpc) is 2.61. The Kier molecular flexibility index (Phi) is 6.11. The van der Waals surface area contributed by atoms with Crippen molar-refractivity contribution in [3.05, 3.63) is 0 Å². The van der Waals surface area contributed by atoms with E-state index in [1.165, 1.54) is 51.5 Å². The number of aliphatic hydroxyl groups is 1. The zero-order valence-electron chi connectivity index (χ0n) is 12.8. The minimum Gasteiger partial charge on any atom is -0.391 e. The van der Waals surface area contributed by atoms with Crippen molar-refractivity contribution in [2.75, 3.05) is 13.1 Å². The monoisotopic (exact) mass is 268 g/mol. The first-order valence-corrected chi connectivity index (χ1v) is 8.35. The van der Waals surface area contributed by atoms with Gasteiger partial charge in [0.05, 0.1) is 6.10 Å². The summed E-state index contributed by atoms with van der Waals surface area (Å²) in [5.41, 5.74) is 0. The van der Waals surface area contributed by atoms with Gasteiger partial charge in [-0.05, 0) is 32.2 Å². The van der Waals surface area contributed by atoms with Crippen LogP contribution in [0.1, 0.15) is 65.2 Å². The highest BCUT2D eigenvalue weighted by Crippen LogP contribution is 2.28. The van der Waals surface area contributed by atoms with E-state index in [4.69, 9.17) is 0 Å². The van der Waals surface area contributed by atoms with E-state index in [2.05, 4.69) is 24.1 Å². The standard InChI is InChI=1S/C16H32N2O/c1-13(2)17-12-14-8-6-7-11-18(14)15-9-4-3-5-10-16(15)19/h13-17,19H,3-12H2,1-2H3. The Labute approximate surface area is 118 Å². The lowest BCUT2D eigenvalue weighted by Crippen LogP contribution is -2.54. The summed E-state index contributed by atoms with van der Waals surface area (Å²) in [7, 11) is 0. The summed E-state index contributed by atoms with van der Waals surface area (Å²) in [6, 6.07) is 1.61. The molecule has 0 bridgehead atoms. The molecule has 3 atom stereocenters. The van der Waals surface area contributed by atoms with Gasteiger partial charge in [-0.2, -0.15) is 0 Å². The molecule has 2 N–H and O–H groups in total. The third-order valence-corrected chi connectivity index (χ3v) is 4.80. The molecule has 2 rings (SSSR count). The summed E-state index contributed by atoms with van der Waals surface area (Å²) in [5, 5.41) is 14.0. The van der Waals surface area contributed by atoms with Gasteiger partial charge in [-0.15, -0.1) is 0 Å². The van der Waals surface area contributed by atoms with E-state index < -0.39 is 0 Å². The number of hydrogen-bond acceptors (Lipinski definition) is 3. The van der Waals surface area contributed by atoms with Crippen LogP contribution < -0.4 is 5.32 Å². The maximum Gasteiger partial charge on any atom is 0.0695 e. The molecule has 2 aliphatic rings. The van der Waals surface area contributed by atoms with Gasteiger partial charge in [-0.1, -0.05) is 39.5 Å². The predicted molar refractivity (Wildman–Crippen MR) is 80.4 cm³/mol. The first-order chi connectivity index (χ1) is 9.18. The molecule has 0 aromatic heterocycles. The minimum atomic E-state index is -0.0952. The largest absolute Gasteiger partial charge is 0.391 e. The zero-order valence-corrected chi connectivity index (χ0v) is 12.8. The number of aliphatic hydroxyl groups excluding tert-OH is 1. The summed E-state index contributed by atoms with van der Waals surface area (Å²) in [5.74, 6) is 0. The van der Waals surface area contributed by atoms with Crippen molar-refractivity contribution in [2.24, 2.45) is 0 Å². The lowest BCUT2D eigenvalue weighted by atomic mass is 9.95. The first kappa shape index (κ1) is 15.3. The van der Waals surface area contributed by atoms with Crippen molar-refractivity contribution < 1.29 is 5.11 Å². The molecule has 1 saturated carbocycles. The van der Waals surface area contributed by atoms with Gasteiger partial charge in [0.2, 0.25) is 0 Å². The quantitative estimate of drug-likeness (QED) is 0.769. The normalized spacial score (nSPS) is 34.4. The van der Waals surface area contributed by atoms with Gasteiger partial charge < -0.3 is 10.4 Å². The Balaban J connectivity index is 1.96. The second-order valence-corrected chi connectivity index (χ2v) is 6.72. The highest BCUT2D eigenvalue weighted by molar-refractivity contribution is 4.89. The fraction of sp³-hybridized carbons (Fsp3) is 1.00. The van der Waals surface area contributed by atoms with E-state index in [0.717, 1.165) is 13.0 Å². The van der Waals surface area contributed by atoms with Gasteiger partial charge in [-0.3, -0.25) is 4.90 Å². The number of likely N-dealkylation sites (tertiary alicyclic amines) is 1. The van der Waals surface area contributed by atoms with Gasteiger partial charge in [0.25, 0.3) is 0 Å². The number of hydrogen-bond donors (Lipinski definition) is 2. The second kappa shape index (κ2) is 7.61. The maximum absolute atomic E-state index is 10.4. The van der Waals surface area contributed by atoms with Crippen LogP contribution in [0.4, 0.5) is 0 Å². The van der Waals surface area contributed by atoms with Crippen molar-refractivity contribution >= 4 is 0 Å². The molecule has 112 valence electrons. The Hall–Kier alpha value is -0.120. The Morgan fingerprint density at radius 3 is 2.58 bits per heavy atom. The summed E-state index contributed by atoms with van der Waals surface area (Å²) in [6.07, 6.45) is 9.86. The minimum absolute atomic E-state index is 0.0952. The summed E-state index contributed by atoms with van der Waals surface area (Å²) in [4.78, 5) is 2.63. The molecule has 3 unspecified atom stereocenters. The molecule has 1 saturated heterocycles. The van der Waals surface area contributed by atoms with E-state index in [1.807, 2.05) is 0 Å². The van der Waals surface area contributed by atoms with Crippen LogP contribution >= 0.6 is 0 Å². The van der Waals surface area contributed by atoms with Crippen LogP contribution in [-0.2, 0) is 0 Å². The van der Waals surface area contributed by atoms with E-state index in [0.29, 0.717) is 18.1 Å². The van der Waals surface area contributed by atoms with Crippen molar-refractivity contribution in [3.63, 3.8) is 0 Å². The summed E-state index contributed by atoms with van der Waals surface area (Å²) >= 11 is 0. The van der Waals surface area contributed by atoms with Gasteiger partial charge in [0.15, 0.2) is 0 Å². The van der Waals surface area contributed by atoms with E-state index in [-0.39, 0.29) is 6.10 Å². The molecule has 0 amide bonds. The third kappa shape index (κ3) is 4.44. The summed E-state index contributed by atoms with van der Waals surface area (Å²) < 4.78 is 0. The van der Waals surface area contributed by atoms with Crippen LogP contribution in [0.5, 0.6) is 0 Å². The van der Waals surface area contributed by atoms with Crippen LogP contribution in [-0.4, -0.2) is 47.3 Å². The lowest BCUT2D eigenvalue weighted by molar-refractivity contribution is 0.00386. The SMILES string of the molecule is CC(C)NCC1CCCCN1C1CCCCCC1O. The van der Waals surface area contributed by atoms with Crippen molar-refractivity contribution in [1.82, 2.24) is 10.2 Å². The Morgan fingerprint density at radius 1 is 1.05 bits per heavy atom. The first-order valence-electron chi connectivity index (χ1n) is 8.35. The highest BCUT2D eigenvalue weighted by Gasteiger charge is 2.33. The molecular formula is C16H32N2O. The zero-order chi connectivity index (χ0) is 13.7. The van der Waals surface area contributed by atoms with Gasteiger partial charge in [0.1, 0.15) is 0 Å². The molecule has 0 aromatic rings. The molecular weight excluding hydrogens is 236 g/mol. The number of piperidine rings is 1. The average molecular weight is 268 g/mol. The van der Waals surface area contributed by atoms with Crippen LogP contribution in [0.2, 0.25) is 0 Å². The molecule has 1 aliphatic heterocycles. The molecule has 0 radical (unpaired) electrons. The molecule has 0 spiro atoms. The lowest BCUT2D eigenvalue weighted by Gasteiger charge is -2.43. The summed E-state index contributed by atoms with van der Waals surface area (Å²) in [6.45, 7) is 6.70. The van der Waals surface area contributed by atoms with Crippen LogP contribution in [0.3, 0.4) is 0 Å². The van der Waals surface area contributed by atoms with Gasteiger partial charge >= 0.3 is 0 Å². The molecule has 1 aliphatic carbocycles. The van der Waals surface area contributed by atoms with E-state index >= 15 is 0 Å². The topological polar surface area (TPSA) is 35.5 Å². The number of rotatable bonds is 4. The Bertz CT molecular complexity index is 257. The fourth-order valence-corrected chi connectivity index (χ4v) is 3.71. The van der Waals surface area contributed by atoms with Crippen LogP contribution in [0.25, 0.3) is 0 Å². The van der Waals surface area contributed by atoms with E-state index in [1.54, 1.807) is 0 Å². The molecule has 19 heavy (non-hydrogen) atoms. The molecule has 3 nitrogen and oxygen atoms in total. The number of nitrogens with one attached hydrogen (secondary N) is 1. The van der Waals surface area contributed by atoms with Crippen molar-refractivity contribution in [3.8, 4) is 0 Å². The van der Waals surface area contributed by atoms with Gasteiger partial charge in [-0.25, -0.2) is 0 Å². The second-order valence-electron chi connectivity index (χ2n) is 6.72. The predicted octanol–water partition coefficient (Wildman–Crippen LogP) is 2.53. The molecule has 2 fully saturated rings. The number of nitrogens with zero attached hydrogens (tertiary/aromatic N) is 1. The third-order valence-electron chi connectivity index (χ3n) is 4.80. The van der Waals surface area contributed by atoms with Crippen LogP contribution in [0.15, 0.2) is 0 Å². The molecule has 0 aromatic carbocycles. The van der Waals surface area contributed by atoms with Crippen molar-refractivity contribution in [1.29, 1.82) is 0 Å². The highest BCUT2D eigenvalue weighted by atomic mass is 16.3. The van der Waals surface area contributed by atoms with Crippen LogP contribution in [0, 0.1) is 0 Å². The molecule has 1 heterocycles. The Morgan fingerprint density at radius 2 is 1.79 bits per heavy atom.